The fourth-order valence-electron chi connectivity index (χ4n) is 6.18. The average molecular weight is 749 g/mol. The minimum absolute atomic E-state index is 0.721. The Balaban J connectivity index is 1.59. The molecule has 2 heterocycles. The molecule has 0 saturated heterocycles. The van der Waals surface area contributed by atoms with E-state index in [9.17, 15) is 0 Å². The molecular formula is C42H28Br2N4. The lowest BCUT2D eigenvalue weighted by Gasteiger charge is -2.18. The van der Waals surface area contributed by atoms with Crippen LogP contribution in [0.1, 0.15) is 0 Å². The van der Waals surface area contributed by atoms with Crippen molar-refractivity contribution in [3.63, 3.8) is 0 Å². The summed E-state index contributed by atoms with van der Waals surface area (Å²) in [6.45, 7) is 0. The van der Waals surface area contributed by atoms with Crippen LogP contribution in [0.2, 0.25) is 0 Å². The number of aromatic nitrogens is 4. The lowest BCUT2D eigenvalue weighted by Crippen LogP contribution is -2.10. The van der Waals surface area contributed by atoms with E-state index in [1.54, 1.807) is 0 Å². The second-order valence-electron chi connectivity index (χ2n) is 11.3. The monoisotopic (exact) mass is 746 g/mol. The van der Waals surface area contributed by atoms with Crippen LogP contribution in [0.25, 0.3) is 68.1 Å². The number of rotatable bonds is 7. The topological polar surface area (TPSA) is 35.6 Å². The van der Waals surface area contributed by atoms with Gasteiger partial charge in [0.15, 0.2) is 0 Å². The molecule has 48 heavy (non-hydrogen) atoms. The van der Waals surface area contributed by atoms with Gasteiger partial charge in [-0.15, -0.1) is 0 Å². The Morgan fingerprint density at radius 1 is 0.375 bits per heavy atom. The van der Waals surface area contributed by atoms with Crippen LogP contribution in [-0.4, -0.2) is 19.1 Å². The van der Waals surface area contributed by atoms with Gasteiger partial charge >= 0.3 is 0 Å². The zero-order valence-electron chi connectivity index (χ0n) is 25.7. The molecule has 0 aliphatic heterocycles. The molecule has 230 valence electrons. The zero-order chi connectivity index (χ0) is 32.5. The van der Waals surface area contributed by atoms with Crippen molar-refractivity contribution >= 4 is 31.9 Å². The third-order valence-electron chi connectivity index (χ3n) is 8.33. The number of hydrogen-bond acceptors (Lipinski definition) is 2. The second kappa shape index (κ2) is 13.1. The van der Waals surface area contributed by atoms with Crippen molar-refractivity contribution in [1.82, 2.24) is 19.1 Å². The van der Waals surface area contributed by atoms with Gasteiger partial charge in [-0.3, -0.25) is 9.13 Å². The van der Waals surface area contributed by atoms with E-state index in [-0.39, 0.29) is 0 Å². The van der Waals surface area contributed by atoms with Gasteiger partial charge in [-0.25, -0.2) is 9.97 Å². The summed E-state index contributed by atoms with van der Waals surface area (Å²) in [5.74, 6) is 1.50. The van der Waals surface area contributed by atoms with E-state index in [2.05, 4.69) is 174 Å². The molecule has 2 aromatic heterocycles. The molecule has 0 amide bonds. The molecule has 0 spiro atoms. The summed E-state index contributed by atoms with van der Waals surface area (Å²) < 4.78 is 6.40. The van der Waals surface area contributed by atoms with Crippen molar-refractivity contribution in [2.24, 2.45) is 0 Å². The van der Waals surface area contributed by atoms with Gasteiger partial charge < -0.3 is 0 Å². The third kappa shape index (κ3) is 5.43. The van der Waals surface area contributed by atoms with E-state index in [0.717, 1.165) is 77.0 Å². The fourth-order valence-corrected chi connectivity index (χ4v) is 7.10. The first-order valence-electron chi connectivity index (χ1n) is 15.7. The van der Waals surface area contributed by atoms with E-state index in [1.165, 1.54) is 0 Å². The maximum atomic E-state index is 5.60. The van der Waals surface area contributed by atoms with E-state index in [0.29, 0.717) is 0 Å². The van der Waals surface area contributed by atoms with Crippen molar-refractivity contribution in [3.05, 3.63) is 179 Å². The van der Waals surface area contributed by atoms with E-state index in [1.807, 2.05) is 36.4 Å². The van der Waals surface area contributed by atoms with Crippen LogP contribution in [0.5, 0.6) is 0 Å². The highest BCUT2D eigenvalue weighted by molar-refractivity contribution is 9.11. The highest BCUT2D eigenvalue weighted by atomic mass is 79.9. The summed E-state index contributed by atoms with van der Waals surface area (Å²) in [6, 6.07) is 58.3. The van der Waals surface area contributed by atoms with Crippen LogP contribution < -0.4 is 0 Å². The Morgan fingerprint density at radius 2 is 0.792 bits per heavy atom. The summed E-state index contributed by atoms with van der Waals surface area (Å²) in [4.78, 5) is 11.1. The van der Waals surface area contributed by atoms with Crippen LogP contribution in [0, 0.1) is 0 Å². The van der Waals surface area contributed by atoms with Crippen LogP contribution in [0.15, 0.2) is 179 Å². The number of imidazole rings is 2. The molecule has 0 aliphatic rings. The van der Waals surface area contributed by atoms with Crippen molar-refractivity contribution in [2.45, 2.75) is 0 Å². The van der Waals surface area contributed by atoms with Gasteiger partial charge in [0.05, 0.1) is 28.5 Å². The molecule has 0 N–H and O–H groups in total. The van der Waals surface area contributed by atoms with Gasteiger partial charge in [-0.1, -0.05) is 168 Å². The number of benzene rings is 6. The number of hydrogen-bond donors (Lipinski definition) is 0. The fraction of sp³-hybridized carbons (Fsp3) is 0. The Hall–Kier alpha value is -5.30. The zero-order valence-corrected chi connectivity index (χ0v) is 28.9. The number of nitrogens with zero attached hydrogens (tertiary/aromatic N) is 4. The van der Waals surface area contributed by atoms with Crippen molar-refractivity contribution in [2.75, 3.05) is 0 Å². The second-order valence-corrected chi connectivity index (χ2v) is 13.0. The van der Waals surface area contributed by atoms with Crippen LogP contribution in [0.3, 0.4) is 0 Å². The summed E-state index contributed by atoms with van der Waals surface area (Å²) in [7, 11) is 0. The molecule has 0 aliphatic carbocycles. The minimum atomic E-state index is 0.721. The molecule has 0 saturated carbocycles. The van der Waals surface area contributed by atoms with Gasteiger partial charge in [0, 0.05) is 36.8 Å². The van der Waals surface area contributed by atoms with Crippen LogP contribution in [-0.2, 0) is 0 Å². The van der Waals surface area contributed by atoms with Gasteiger partial charge in [-0.05, 0) is 34.1 Å². The largest absolute Gasteiger partial charge is 0.276 e. The molecule has 0 fully saturated rings. The lowest BCUT2D eigenvalue weighted by atomic mass is 10.0. The Labute approximate surface area is 296 Å². The van der Waals surface area contributed by atoms with Gasteiger partial charge in [0.1, 0.15) is 5.82 Å². The van der Waals surface area contributed by atoms with Crippen molar-refractivity contribution in [1.29, 1.82) is 0 Å². The summed E-state index contributed by atoms with van der Waals surface area (Å²) >= 11 is 7.78. The highest BCUT2D eigenvalue weighted by Gasteiger charge is 2.30. The van der Waals surface area contributed by atoms with Crippen molar-refractivity contribution < 1.29 is 0 Å². The van der Waals surface area contributed by atoms with Crippen LogP contribution >= 0.6 is 31.9 Å². The predicted molar refractivity (Wildman–Crippen MR) is 203 cm³/mol. The molecule has 8 aromatic rings. The first-order valence-corrected chi connectivity index (χ1v) is 17.2. The standard InChI is InChI=1S/C42H28Br2N4/c43-34-26-14-13-25-33(34)41-45-37(29-17-5-1-6-18-29)40(32-23-11-4-12-24-32)48(41)42-46-38(30-19-7-2-8-20-30)39(31-21-9-3-10-22-31)47(42)36-28-16-15-27-35(36)44/h1-28H. The van der Waals surface area contributed by atoms with E-state index < -0.39 is 0 Å². The molecule has 0 atom stereocenters. The minimum Gasteiger partial charge on any atom is -0.276 e. The Morgan fingerprint density at radius 3 is 1.31 bits per heavy atom. The van der Waals surface area contributed by atoms with Crippen molar-refractivity contribution in [3.8, 4) is 68.1 Å². The lowest BCUT2D eigenvalue weighted by molar-refractivity contribution is 0.901. The summed E-state index contributed by atoms with van der Waals surface area (Å²) in [5.41, 5.74) is 9.74. The molecule has 4 nitrogen and oxygen atoms in total. The number of halogens is 2. The predicted octanol–water partition coefficient (Wildman–Crippen LogP) is 11.9. The van der Waals surface area contributed by atoms with E-state index >= 15 is 0 Å². The maximum Gasteiger partial charge on any atom is 0.221 e. The smallest absolute Gasteiger partial charge is 0.221 e. The van der Waals surface area contributed by atoms with Crippen LogP contribution in [0.4, 0.5) is 0 Å². The first-order chi connectivity index (χ1) is 23.7. The average Bonchev–Trinajstić information content (AvgIpc) is 3.73. The molecule has 8 rings (SSSR count). The maximum absolute atomic E-state index is 5.60. The number of para-hydroxylation sites is 1. The highest BCUT2D eigenvalue weighted by Crippen LogP contribution is 2.44. The molecule has 6 heteroatoms. The quantitative estimate of drug-likeness (QED) is 0.163. The van der Waals surface area contributed by atoms with Gasteiger partial charge in [-0.2, -0.15) is 0 Å². The van der Waals surface area contributed by atoms with Gasteiger partial charge in [0.25, 0.3) is 0 Å². The van der Waals surface area contributed by atoms with Gasteiger partial charge in [0.2, 0.25) is 5.95 Å². The molecule has 0 unspecified atom stereocenters. The summed E-state index contributed by atoms with van der Waals surface area (Å²) in [6.07, 6.45) is 0. The Kier molecular flexibility index (Phi) is 8.18. The Bertz CT molecular complexity index is 2350. The normalized spacial score (nSPS) is 11.1. The molecule has 6 aromatic carbocycles. The third-order valence-corrected chi connectivity index (χ3v) is 9.70. The van der Waals surface area contributed by atoms with E-state index in [4.69, 9.17) is 9.97 Å². The molecule has 0 bridgehead atoms. The summed E-state index contributed by atoms with van der Waals surface area (Å²) in [5, 5.41) is 0. The SMILES string of the molecule is Brc1ccccc1-c1nc(-c2ccccc2)c(-c2ccccc2)n1-c1nc(-c2ccccc2)c(-c2ccccc2)n1-c1ccccc1Br. The molecular weight excluding hydrogens is 720 g/mol. The molecule has 0 radical (unpaired) electrons. The first kappa shape index (κ1) is 30.1.